The third-order valence-electron chi connectivity index (χ3n) is 6.74. The van der Waals surface area contributed by atoms with Crippen LogP contribution in [-0.2, 0) is 13.0 Å². The van der Waals surface area contributed by atoms with E-state index >= 15 is 0 Å². The molecule has 4 heterocycles. The Morgan fingerprint density at radius 3 is 2.78 bits per heavy atom. The van der Waals surface area contributed by atoms with Crippen LogP contribution in [0, 0.1) is 5.82 Å². The molecule has 0 radical (unpaired) electrons. The molecule has 3 aromatic heterocycles. The average molecular weight is 501 g/mol. The fourth-order valence-corrected chi connectivity index (χ4v) is 5.25. The van der Waals surface area contributed by atoms with Crippen molar-refractivity contribution < 1.29 is 4.39 Å². The molecule has 1 aliphatic heterocycles. The highest BCUT2D eigenvalue weighted by molar-refractivity contribution is 6.31. The van der Waals surface area contributed by atoms with Gasteiger partial charge in [-0.3, -0.25) is 0 Å². The van der Waals surface area contributed by atoms with Crippen LogP contribution < -0.4 is 5.32 Å². The summed E-state index contributed by atoms with van der Waals surface area (Å²) in [6.45, 7) is 3.71. The number of halogens is 2. The van der Waals surface area contributed by atoms with E-state index in [4.69, 9.17) is 21.6 Å². The van der Waals surface area contributed by atoms with Crippen molar-refractivity contribution in [3.05, 3.63) is 83.7 Å². The van der Waals surface area contributed by atoms with E-state index in [-0.39, 0.29) is 11.9 Å². The Bertz CT molecular complexity index is 1540. The molecule has 0 aliphatic carbocycles. The van der Waals surface area contributed by atoms with Crippen LogP contribution in [0.1, 0.15) is 31.6 Å². The van der Waals surface area contributed by atoms with Crippen LogP contribution in [0.2, 0.25) is 5.02 Å². The van der Waals surface area contributed by atoms with Crippen molar-refractivity contribution in [3.63, 3.8) is 0 Å². The predicted molar refractivity (Wildman–Crippen MR) is 142 cm³/mol. The van der Waals surface area contributed by atoms with Gasteiger partial charge in [0, 0.05) is 53.4 Å². The number of aromatic nitrogens is 5. The molecule has 0 spiro atoms. The lowest BCUT2D eigenvalue weighted by Gasteiger charge is -2.19. The van der Waals surface area contributed by atoms with E-state index in [0.29, 0.717) is 5.95 Å². The van der Waals surface area contributed by atoms with E-state index in [1.54, 1.807) is 18.3 Å². The zero-order valence-electron chi connectivity index (χ0n) is 20.0. The summed E-state index contributed by atoms with van der Waals surface area (Å²) in [5.41, 5.74) is 4.59. The standard InChI is InChI=1S/C28H26ClFN6/c1-2-13-31-28-32-14-11-23(33-28)27-26(18-3-6-21(30)7-4-18)34-25-10-8-22(36(25)27)17-35-15-12-19-16-20(29)5-9-24(19)35/h3-7,9,11-12,14-16,22H,2,8,10,13,17H2,1H3,(H,31,32,33). The number of hydrogen-bond donors (Lipinski definition) is 1. The zero-order valence-corrected chi connectivity index (χ0v) is 20.7. The van der Waals surface area contributed by atoms with Crippen LogP contribution >= 0.6 is 11.6 Å². The fourth-order valence-electron chi connectivity index (χ4n) is 5.07. The number of rotatable bonds is 7. The summed E-state index contributed by atoms with van der Waals surface area (Å²) >= 11 is 6.21. The van der Waals surface area contributed by atoms with Gasteiger partial charge in [-0.15, -0.1) is 0 Å². The molecule has 1 N–H and O–H groups in total. The lowest BCUT2D eigenvalue weighted by molar-refractivity contribution is 0.459. The van der Waals surface area contributed by atoms with E-state index in [1.165, 1.54) is 12.1 Å². The SMILES string of the molecule is CCCNc1nccc(-c2c(-c3ccc(F)cc3)nc3n2C(Cn2ccc4cc(Cl)ccc42)CC3)n1. The first-order chi connectivity index (χ1) is 17.6. The van der Waals surface area contributed by atoms with Crippen LogP contribution in [0.4, 0.5) is 10.3 Å². The van der Waals surface area contributed by atoms with Gasteiger partial charge in [0.2, 0.25) is 5.95 Å². The Hall–Kier alpha value is -3.71. The molecule has 1 unspecified atom stereocenters. The number of fused-ring (bicyclic) bond motifs is 2. The highest BCUT2D eigenvalue weighted by Gasteiger charge is 2.31. The number of nitrogens with one attached hydrogen (secondary N) is 1. The largest absolute Gasteiger partial charge is 0.354 e. The average Bonchev–Trinajstić information content (AvgIpc) is 3.58. The molecule has 0 amide bonds. The molecule has 182 valence electrons. The van der Waals surface area contributed by atoms with Crippen LogP contribution in [0.25, 0.3) is 33.5 Å². The van der Waals surface area contributed by atoms with E-state index < -0.39 is 0 Å². The highest BCUT2D eigenvalue weighted by atomic mass is 35.5. The smallest absolute Gasteiger partial charge is 0.223 e. The second-order valence-corrected chi connectivity index (χ2v) is 9.59. The zero-order chi connectivity index (χ0) is 24.6. The normalized spacial score (nSPS) is 14.9. The van der Waals surface area contributed by atoms with E-state index in [2.05, 4.69) is 44.7 Å². The van der Waals surface area contributed by atoms with Gasteiger partial charge < -0.3 is 14.5 Å². The highest BCUT2D eigenvalue weighted by Crippen LogP contribution is 2.40. The van der Waals surface area contributed by atoms with Gasteiger partial charge in [-0.2, -0.15) is 0 Å². The third kappa shape index (κ3) is 4.13. The summed E-state index contributed by atoms with van der Waals surface area (Å²) in [6, 6.07) is 16.8. The summed E-state index contributed by atoms with van der Waals surface area (Å²) in [6.07, 6.45) is 6.73. The first kappa shape index (κ1) is 22.7. The molecule has 0 fully saturated rings. The molecule has 0 saturated heterocycles. The van der Waals surface area contributed by atoms with Gasteiger partial charge >= 0.3 is 0 Å². The summed E-state index contributed by atoms with van der Waals surface area (Å²) in [5.74, 6) is 1.35. The summed E-state index contributed by atoms with van der Waals surface area (Å²) in [4.78, 5) is 14.3. The minimum absolute atomic E-state index is 0.199. The van der Waals surface area contributed by atoms with Crippen molar-refractivity contribution in [2.24, 2.45) is 0 Å². The number of benzene rings is 2. The molecule has 5 aromatic rings. The van der Waals surface area contributed by atoms with Crippen molar-refractivity contribution in [1.82, 2.24) is 24.1 Å². The second kappa shape index (κ2) is 9.39. The second-order valence-electron chi connectivity index (χ2n) is 9.16. The lowest BCUT2D eigenvalue weighted by Crippen LogP contribution is -2.14. The molecule has 0 bridgehead atoms. The Labute approximate surface area is 213 Å². The Morgan fingerprint density at radius 2 is 1.94 bits per heavy atom. The number of anilines is 1. The van der Waals surface area contributed by atoms with Crippen molar-refractivity contribution in [2.75, 3.05) is 11.9 Å². The minimum atomic E-state index is -0.266. The van der Waals surface area contributed by atoms with Crippen LogP contribution in [0.5, 0.6) is 0 Å². The molecule has 36 heavy (non-hydrogen) atoms. The maximum Gasteiger partial charge on any atom is 0.223 e. The number of hydrogen-bond acceptors (Lipinski definition) is 4. The lowest BCUT2D eigenvalue weighted by atomic mass is 10.1. The van der Waals surface area contributed by atoms with Gasteiger partial charge in [-0.25, -0.2) is 19.3 Å². The number of aryl methyl sites for hydroxylation is 1. The topological polar surface area (TPSA) is 60.6 Å². The monoisotopic (exact) mass is 500 g/mol. The molecule has 6 nitrogen and oxygen atoms in total. The molecule has 8 heteroatoms. The van der Waals surface area contributed by atoms with Gasteiger partial charge in [0.1, 0.15) is 11.6 Å². The van der Waals surface area contributed by atoms with Gasteiger partial charge in [-0.05, 0) is 67.4 Å². The number of nitrogens with zero attached hydrogens (tertiary/aromatic N) is 5. The molecular weight excluding hydrogens is 475 g/mol. The fraction of sp³-hybridized carbons (Fsp3) is 0.250. The number of imidazole rings is 1. The van der Waals surface area contributed by atoms with Crippen LogP contribution in [0.3, 0.4) is 0 Å². The van der Waals surface area contributed by atoms with Crippen molar-refractivity contribution in [3.8, 4) is 22.6 Å². The molecular formula is C28H26ClFN6. The Morgan fingerprint density at radius 1 is 1.08 bits per heavy atom. The van der Waals surface area contributed by atoms with E-state index in [9.17, 15) is 4.39 Å². The molecule has 0 saturated carbocycles. The van der Waals surface area contributed by atoms with Gasteiger partial charge in [0.05, 0.1) is 23.1 Å². The molecule has 1 aliphatic rings. The van der Waals surface area contributed by atoms with Crippen LogP contribution in [-0.4, -0.2) is 30.6 Å². The van der Waals surface area contributed by atoms with Gasteiger partial charge in [0.15, 0.2) is 0 Å². The van der Waals surface area contributed by atoms with Gasteiger partial charge in [-0.1, -0.05) is 18.5 Å². The summed E-state index contributed by atoms with van der Waals surface area (Å²) < 4.78 is 18.3. The van der Waals surface area contributed by atoms with Crippen LogP contribution in [0.15, 0.2) is 67.0 Å². The minimum Gasteiger partial charge on any atom is -0.354 e. The van der Waals surface area contributed by atoms with Crippen molar-refractivity contribution in [1.29, 1.82) is 0 Å². The maximum absolute atomic E-state index is 13.7. The van der Waals surface area contributed by atoms with Crippen molar-refractivity contribution >= 4 is 28.5 Å². The Balaban J connectivity index is 1.46. The molecule has 1 atom stereocenters. The van der Waals surface area contributed by atoms with E-state index in [0.717, 1.165) is 76.7 Å². The maximum atomic E-state index is 13.7. The van der Waals surface area contributed by atoms with Crippen molar-refractivity contribution in [2.45, 2.75) is 38.8 Å². The van der Waals surface area contributed by atoms with E-state index in [1.807, 2.05) is 18.2 Å². The summed E-state index contributed by atoms with van der Waals surface area (Å²) in [5, 5.41) is 5.15. The first-order valence-electron chi connectivity index (χ1n) is 12.3. The molecule has 2 aromatic carbocycles. The predicted octanol–water partition coefficient (Wildman–Crippen LogP) is 6.76. The van der Waals surface area contributed by atoms with Gasteiger partial charge in [0.25, 0.3) is 0 Å². The third-order valence-corrected chi connectivity index (χ3v) is 6.98. The quantitative estimate of drug-likeness (QED) is 0.268. The Kier molecular flexibility index (Phi) is 5.93. The summed E-state index contributed by atoms with van der Waals surface area (Å²) in [7, 11) is 0. The molecule has 6 rings (SSSR count). The first-order valence-corrected chi connectivity index (χ1v) is 12.7.